The molecule has 2 aromatic rings. The van der Waals surface area contributed by atoms with E-state index in [1.54, 1.807) is 23.5 Å². The number of fused-ring (bicyclic) bond motifs is 1. The quantitative estimate of drug-likeness (QED) is 0.892. The van der Waals surface area contributed by atoms with Gasteiger partial charge in [0.2, 0.25) is 5.91 Å². The summed E-state index contributed by atoms with van der Waals surface area (Å²) in [5.74, 6) is -0.0769. The molecule has 0 fully saturated rings. The van der Waals surface area contributed by atoms with Gasteiger partial charge in [0, 0.05) is 23.5 Å². The third-order valence-electron chi connectivity index (χ3n) is 4.92. The van der Waals surface area contributed by atoms with Crippen molar-refractivity contribution in [2.45, 2.75) is 39.3 Å². The number of carbonyl (C=O) groups is 2. The number of nitrogens with zero attached hydrogens (tertiary/aromatic N) is 1. The fraction of sp³-hybridized carbons (Fsp3) is 0.400. The molecule has 0 saturated carbocycles. The molecule has 25 heavy (non-hydrogen) atoms. The van der Waals surface area contributed by atoms with Gasteiger partial charge in [0.05, 0.1) is 0 Å². The molecule has 3 rings (SSSR count). The number of rotatable bonds is 5. The average molecular weight is 356 g/mol. The molecule has 0 bridgehead atoms. The van der Waals surface area contributed by atoms with Gasteiger partial charge in [0.1, 0.15) is 6.04 Å². The lowest BCUT2D eigenvalue weighted by Gasteiger charge is -2.33. The van der Waals surface area contributed by atoms with E-state index in [2.05, 4.69) is 16.8 Å². The van der Waals surface area contributed by atoms with E-state index in [0.29, 0.717) is 12.1 Å². The highest BCUT2D eigenvalue weighted by Gasteiger charge is 2.32. The minimum absolute atomic E-state index is 0.0236. The summed E-state index contributed by atoms with van der Waals surface area (Å²) in [7, 11) is 0. The fourth-order valence-corrected chi connectivity index (χ4v) is 4.02. The number of hydrogen-bond acceptors (Lipinski definition) is 3. The van der Waals surface area contributed by atoms with E-state index in [1.807, 2.05) is 36.9 Å². The Labute approximate surface area is 152 Å². The van der Waals surface area contributed by atoms with E-state index in [4.69, 9.17) is 0 Å². The summed E-state index contributed by atoms with van der Waals surface area (Å²) in [5.41, 5.74) is 1.82. The zero-order chi connectivity index (χ0) is 17.8. The van der Waals surface area contributed by atoms with Gasteiger partial charge in [-0.1, -0.05) is 38.5 Å². The SMILES string of the molecule is CC[C@H](C)[C@H](NC(=O)c1ccccc1)C(=O)N1CCc2sccc2C1. The van der Waals surface area contributed by atoms with Crippen molar-refractivity contribution >= 4 is 23.2 Å². The zero-order valence-electron chi connectivity index (χ0n) is 14.7. The number of nitrogens with one attached hydrogen (secondary N) is 1. The van der Waals surface area contributed by atoms with Crippen LogP contribution in [0.4, 0.5) is 0 Å². The Bertz CT molecular complexity index is 741. The third-order valence-corrected chi connectivity index (χ3v) is 5.94. The standard InChI is InChI=1S/C20H24N2O2S/c1-3-14(2)18(21-19(23)15-7-5-4-6-8-15)20(24)22-11-9-17-16(13-22)10-12-25-17/h4-8,10,12,14,18H,3,9,11,13H2,1-2H3,(H,21,23)/t14-,18-/m0/s1. The number of thiophene rings is 1. The molecule has 0 aliphatic carbocycles. The van der Waals surface area contributed by atoms with Crippen molar-refractivity contribution in [2.75, 3.05) is 6.54 Å². The number of amides is 2. The summed E-state index contributed by atoms with van der Waals surface area (Å²) in [4.78, 5) is 28.9. The summed E-state index contributed by atoms with van der Waals surface area (Å²) in [6.45, 7) is 5.44. The van der Waals surface area contributed by atoms with Crippen molar-refractivity contribution in [3.8, 4) is 0 Å². The van der Waals surface area contributed by atoms with Crippen LogP contribution in [-0.4, -0.2) is 29.3 Å². The topological polar surface area (TPSA) is 49.4 Å². The van der Waals surface area contributed by atoms with Crippen LogP contribution in [0.2, 0.25) is 0 Å². The molecule has 1 aliphatic rings. The molecular formula is C20H24N2O2S. The molecule has 2 amide bonds. The molecule has 2 heterocycles. The second-order valence-electron chi connectivity index (χ2n) is 6.58. The van der Waals surface area contributed by atoms with Crippen LogP contribution in [0.5, 0.6) is 0 Å². The van der Waals surface area contributed by atoms with Crippen LogP contribution in [0.3, 0.4) is 0 Å². The summed E-state index contributed by atoms with van der Waals surface area (Å²) < 4.78 is 0. The highest BCUT2D eigenvalue weighted by atomic mass is 32.1. The van der Waals surface area contributed by atoms with Crippen LogP contribution in [0.25, 0.3) is 0 Å². The molecule has 0 saturated heterocycles. The molecule has 0 radical (unpaired) electrons. The molecule has 1 aromatic heterocycles. The van der Waals surface area contributed by atoms with Gasteiger partial charge >= 0.3 is 0 Å². The van der Waals surface area contributed by atoms with Gasteiger partial charge in [-0.15, -0.1) is 11.3 Å². The third kappa shape index (κ3) is 3.93. The molecular weight excluding hydrogens is 332 g/mol. The van der Waals surface area contributed by atoms with E-state index in [1.165, 1.54) is 10.4 Å². The molecule has 1 aliphatic heterocycles. The van der Waals surface area contributed by atoms with Gasteiger partial charge in [0.15, 0.2) is 0 Å². The zero-order valence-corrected chi connectivity index (χ0v) is 15.5. The summed E-state index contributed by atoms with van der Waals surface area (Å²) in [6, 6.07) is 10.7. The fourth-order valence-electron chi connectivity index (χ4n) is 3.13. The van der Waals surface area contributed by atoms with Crippen molar-refractivity contribution in [1.82, 2.24) is 10.2 Å². The number of carbonyl (C=O) groups excluding carboxylic acids is 2. The largest absolute Gasteiger partial charge is 0.340 e. The van der Waals surface area contributed by atoms with Gasteiger partial charge in [-0.25, -0.2) is 0 Å². The lowest BCUT2D eigenvalue weighted by Crippen LogP contribution is -2.52. The predicted octanol–water partition coefficient (Wildman–Crippen LogP) is 3.48. The Morgan fingerprint density at radius 2 is 2.00 bits per heavy atom. The molecule has 5 heteroatoms. The van der Waals surface area contributed by atoms with Gasteiger partial charge in [-0.3, -0.25) is 9.59 Å². The van der Waals surface area contributed by atoms with Crippen molar-refractivity contribution in [2.24, 2.45) is 5.92 Å². The first-order valence-corrected chi connectivity index (χ1v) is 9.68. The highest BCUT2D eigenvalue weighted by molar-refractivity contribution is 7.10. The lowest BCUT2D eigenvalue weighted by atomic mass is 9.96. The monoisotopic (exact) mass is 356 g/mol. The van der Waals surface area contributed by atoms with Crippen LogP contribution in [0.15, 0.2) is 41.8 Å². The molecule has 0 spiro atoms. The van der Waals surface area contributed by atoms with Crippen LogP contribution in [0, 0.1) is 5.92 Å². The number of benzene rings is 1. The molecule has 2 atom stereocenters. The molecule has 4 nitrogen and oxygen atoms in total. The first-order chi connectivity index (χ1) is 12.1. The first-order valence-electron chi connectivity index (χ1n) is 8.80. The Hall–Kier alpha value is -2.14. The van der Waals surface area contributed by atoms with Crippen LogP contribution >= 0.6 is 11.3 Å². The molecule has 132 valence electrons. The summed E-state index contributed by atoms with van der Waals surface area (Å²) in [5, 5.41) is 5.06. The first kappa shape index (κ1) is 17.7. The van der Waals surface area contributed by atoms with Crippen molar-refractivity contribution in [3.05, 3.63) is 57.8 Å². The van der Waals surface area contributed by atoms with Gasteiger partial charge < -0.3 is 10.2 Å². The van der Waals surface area contributed by atoms with E-state index in [0.717, 1.165) is 19.4 Å². The van der Waals surface area contributed by atoms with Crippen molar-refractivity contribution in [3.63, 3.8) is 0 Å². The van der Waals surface area contributed by atoms with Crippen LogP contribution in [0.1, 0.15) is 41.1 Å². The van der Waals surface area contributed by atoms with Gasteiger partial charge in [-0.2, -0.15) is 0 Å². The second kappa shape index (κ2) is 7.83. The van der Waals surface area contributed by atoms with Gasteiger partial charge in [-0.05, 0) is 41.5 Å². The maximum Gasteiger partial charge on any atom is 0.251 e. The van der Waals surface area contributed by atoms with Crippen molar-refractivity contribution in [1.29, 1.82) is 0 Å². The van der Waals surface area contributed by atoms with E-state index in [9.17, 15) is 9.59 Å². The minimum atomic E-state index is -0.488. The summed E-state index contributed by atoms with van der Waals surface area (Å²) >= 11 is 1.76. The second-order valence-corrected chi connectivity index (χ2v) is 7.58. The van der Waals surface area contributed by atoms with E-state index in [-0.39, 0.29) is 17.7 Å². The predicted molar refractivity (Wildman–Crippen MR) is 101 cm³/mol. The van der Waals surface area contributed by atoms with Crippen molar-refractivity contribution < 1.29 is 9.59 Å². The maximum absolute atomic E-state index is 13.1. The Kier molecular flexibility index (Phi) is 5.53. The Morgan fingerprint density at radius 1 is 1.24 bits per heavy atom. The van der Waals surface area contributed by atoms with E-state index >= 15 is 0 Å². The Morgan fingerprint density at radius 3 is 2.72 bits per heavy atom. The van der Waals surface area contributed by atoms with Gasteiger partial charge in [0.25, 0.3) is 5.91 Å². The highest BCUT2D eigenvalue weighted by Crippen LogP contribution is 2.25. The smallest absolute Gasteiger partial charge is 0.251 e. The molecule has 1 aromatic carbocycles. The van der Waals surface area contributed by atoms with Crippen LogP contribution < -0.4 is 5.32 Å². The minimum Gasteiger partial charge on any atom is -0.340 e. The number of hydrogen-bond donors (Lipinski definition) is 1. The maximum atomic E-state index is 13.1. The summed E-state index contributed by atoms with van der Waals surface area (Å²) in [6.07, 6.45) is 1.74. The average Bonchev–Trinajstić information content (AvgIpc) is 3.13. The lowest BCUT2D eigenvalue weighted by molar-refractivity contribution is -0.135. The molecule has 1 N–H and O–H groups in total. The van der Waals surface area contributed by atoms with Crippen LogP contribution in [-0.2, 0) is 17.8 Å². The van der Waals surface area contributed by atoms with E-state index < -0.39 is 6.04 Å². The molecule has 0 unspecified atom stereocenters. The normalized spacial score (nSPS) is 16.0. The Balaban J connectivity index is 1.74.